The third-order valence-electron chi connectivity index (χ3n) is 3.83. The van der Waals surface area contributed by atoms with Crippen LogP contribution in [0.5, 0.6) is 0 Å². The first-order valence-electron chi connectivity index (χ1n) is 7.91. The quantitative estimate of drug-likeness (QED) is 0.841. The molecule has 126 valence electrons. The number of hydrogen-bond donors (Lipinski definition) is 2. The van der Waals surface area contributed by atoms with Crippen LogP contribution in [0.3, 0.4) is 0 Å². The Morgan fingerprint density at radius 3 is 3.00 bits per heavy atom. The average Bonchev–Trinajstić information content (AvgIpc) is 3.13. The predicted molar refractivity (Wildman–Crippen MR) is 92.1 cm³/mol. The minimum Gasteiger partial charge on any atom is -0.376 e. The largest absolute Gasteiger partial charge is 0.376 e. The Bertz CT molecular complexity index is 704. The molecule has 1 amide bonds. The molecule has 24 heavy (non-hydrogen) atoms. The minimum atomic E-state index is -0.266. The highest BCUT2D eigenvalue weighted by atomic mass is 35.5. The fraction of sp³-hybridized carbons (Fsp3) is 0.353. The van der Waals surface area contributed by atoms with Gasteiger partial charge in [0, 0.05) is 30.8 Å². The second-order valence-corrected chi connectivity index (χ2v) is 5.99. The molecular formula is C17H19ClN4O2. The van der Waals surface area contributed by atoms with Crippen LogP contribution < -0.4 is 10.6 Å². The van der Waals surface area contributed by atoms with Gasteiger partial charge in [0.05, 0.1) is 6.10 Å². The van der Waals surface area contributed by atoms with Crippen molar-refractivity contribution < 1.29 is 9.53 Å². The van der Waals surface area contributed by atoms with Crippen molar-refractivity contribution in [3.63, 3.8) is 0 Å². The summed E-state index contributed by atoms with van der Waals surface area (Å²) in [6.45, 7) is 1.84. The van der Waals surface area contributed by atoms with Gasteiger partial charge in [-0.1, -0.05) is 29.8 Å². The third-order valence-corrected chi connectivity index (χ3v) is 4.20. The van der Waals surface area contributed by atoms with Gasteiger partial charge in [0.2, 0.25) is 0 Å². The van der Waals surface area contributed by atoms with Crippen LogP contribution in [0.2, 0.25) is 5.02 Å². The van der Waals surface area contributed by atoms with Gasteiger partial charge in [0.25, 0.3) is 5.91 Å². The van der Waals surface area contributed by atoms with Gasteiger partial charge in [0.15, 0.2) is 0 Å². The van der Waals surface area contributed by atoms with E-state index >= 15 is 0 Å². The zero-order valence-corrected chi connectivity index (χ0v) is 13.9. The van der Waals surface area contributed by atoms with Gasteiger partial charge in [-0.05, 0) is 24.5 Å². The number of amides is 1. The van der Waals surface area contributed by atoms with Gasteiger partial charge in [-0.2, -0.15) is 0 Å². The summed E-state index contributed by atoms with van der Waals surface area (Å²) in [6, 6.07) is 9.03. The van der Waals surface area contributed by atoms with E-state index in [1.165, 1.54) is 6.33 Å². The van der Waals surface area contributed by atoms with Crippen molar-refractivity contribution in [3.8, 4) is 0 Å². The lowest BCUT2D eigenvalue weighted by Gasteiger charge is -2.11. The Labute approximate surface area is 145 Å². The lowest BCUT2D eigenvalue weighted by atomic mass is 10.2. The third kappa shape index (κ3) is 4.43. The molecule has 2 aromatic rings. The van der Waals surface area contributed by atoms with Crippen molar-refractivity contribution in [1.82, 2.24) is 15.3 Å². The van der Waals surface area contributed by atoms with E-state index in [-0.39, 0.29) is 12.0 Å². The number of halogens is 1. The predicted octanol–water partition coefficient (Wildman–Crippen LogP) is 2.65. The number of anilines is 1. The zero-order chi connectivity index (χ0) is 16.8. The number of ether oxygens (including phenoxy) is 1. The molecule has 0 spiro atoms. The van der Waals surface area contributed by atoms with E-state index in [1.54, 1.807) is 12.1 Å². The number of nitrogens with zero attached hydrogens (tertiary/aromatic N) is 2. The van der Waals surface area contributed by atoms with E-state index in [0.717, 1.165) is 25.0 Å². The molecule has 0 saturated carbocycles. The van der Waals surface area contributed by atoms with Crippen molar-refractivity contribution in [3.05, 3.63) is 52.9 Å². The molecule has 1 aliphatic heterocycles. The van der Waals surface area contributed by atoms with Crippen LogP contribution in [0, 0.1) is 0 Å². The van der Waals surface area contributed by atoms with E-state index < -0.39 is 0 Å². The van der Waals surface area contributed by atoms with E-state index in [2.05, 4.69) is 20.6 Å². The summed E-state index contributed by atoms with van der Waals surface area (Å²) >= 11 is 6.08. The summed E-state index contributed by atoms with van der Waals surface area (Å²) in [5.41, 5.74) is 1.17. The fourth-order valence-electron chi connectivity index (χ4n) is 2.51. The maximum absolute atomic E-state index is 12.2. The van der Waals surface area contributed by atoms with E-state index in [0.29, 0.717) is 29.6 Å². The van der Waals surface area contributed by atoms with Crippen LogP contribution in [0.4, 0.5) is 5.82 Å². The highest BCUT2D eigenvalue weighted by molar-refractivity contribution is 6.31. The van der Waals surface area contributed by atoms with Crippen molar-refractivity contribution in [2.45, 2.75) is 25.5 Å². The molecule has 0 aliphatic carbocycles. The second kappa shape index (κ2) is 8.08. The summed E-state index contributed by atoms with van der Waals surface area (Å²) < 4.78 is 5.55. The van der Waals surface area contributed by atoms with Crippen LogP contribution >= 0.6 is 11.6 Å². The fourth-order valence-corrected chi connectivity index (χ4v) is 2.71. The Morgan fingerprint density at radius 1 is 1.33 bits per heavy atom. The average molecular weight is 347 g/mol. The first kappa shape index (κ1) is 16.7. The number of carbonyl (C=O) groups is 1. The van der Waals surface area contributed by atoms with Gasteiger partial charge < -0.3 is 15.4 Å². The standard InChI is InChI=1S/C17H19ClN4O2/c18-14-6-2-1-4-12(14)9-20-17(23)15-8-16(22-11-21-15)19-10-13-5-3-7-24-13/h1-2,4,6,8,11,13H,3,5,7,9-10H2,(H,20,23)(H,19,21,22). The molecule has 1 atom stereocenters. The highest BCUT2D eigenvalue weighted by Gasteiger charge is 2.15. The summed E-state index contributed by atoms with van der Waals surface area (Å²) in [7, 11) is 0. The van der Waals surface area contributed by atoms with Crippen LogP contribution in [0.1, 0.15) is 28.9 Å². The number of benzene rings is 1. The summed E-state index contributed by atoms with van der Waals surface area (Å²) in [5.74, 6) is 0.348. The number of nitrogens with one attached hydrogen (secondary N) is 2. The van der Waals surface area contributed by atoms with Gasteiger partial charge in [-0.25, -0.2) is 9.97 Å². The minimum absolute atomic E-state index is 0.206. The Hall–Kier alpha value is -2.18. The number of aromatic nitrogens is 2. The van der Waals surface area contributed by atoms with Crippen molar-refractivity contribution in [1.29, 1.82) is 0 Å². The van der Waals surface area contributed by atoms with Crippen LogP contribution in [0.15, 0.2) is 36.7 Å². The molecule has 0 radical (unpaired) electrons. The maximum Gasteiger partial charge on any atom is 0.270 e. The Balaban J connectivity index is 1.56. The van der Waals surface area contributed by atoms with Crippen molar-refractivity contribution >= 4 is 23.3 Å². The number of carbonyl (C=O) groups excluding carboxylic acids is 1. The highest BCUT2D eigenvalue weighted by Crippen LogP contribution is 2.15. The lowest BCUT2D eigenvalue weighted by molar-refractivity contribution is 0.0946. The molecule has 1 aliphatic rings. The maximum atomic E-state index is 12.2. The molecule has 1 aromatic carbocycles. The molecule has 3 rings (SSSR count). The smallest absolute Gasteiger partial charge is 0.270 e. The monoisotopic (exact) mass is 346 g/mol. The molecular weight excluding hydrogens is 328 g/mol. The van der Waals surface area contributed by atoms with Gasteiger partial charge in [0.1, 0.15) is 17.8 Å². The van der Waals surface area contributed by atoms with E-state index in [1.807, 2.05) is 18.2 Å². The summed E-state index contributed by atoms with van der Waals surface area (Å²) in [5, 5.41) is 6.63. The van der Waals surface area contributed by atoms with Gasteiger partial charge in [-0.15, -0.1) is 0 Å². The molecule has 6 nitrogen and oxygen atoms in total. The van der Waals surface area contributed by atoms with E-state index in [9.17, 15) is 4.79 Å². The van der Waals surface area contributed by atoms with E-state index in [4.69, 9.17) is 16.3 Å². The lowest BCUT2D eigenvalue weighted by Crippen LogP contribution is -2.24. The van der Waals surface area contributed by atoms with Gasteiger partial charge >= 0.3 is 0 Å². The van der Waals surface area contributed by atoms with Crippen LogP contribution in [0.25, 0.3) is 0 Å². The molecule has 1 unspecified atom stereocenters. The Morgan fingerprint density at radius 2 is 2.21 bits per heavy atom. The topological polar surface area (TPSA) is 76.1 Å². The summed E-state index contributed by atoms with van der Waals surface area (Å²) in [4.78, 5) is 20.4. The second-order valence-electron chi connectivity index (χ2n) is 5.58. The van der Waals surface area contributed by atoms with Crippen molar-refractivity contribution in [2.75, 3.05) is 18.5 Å². The molecule has 7 heteroatoms. The first-order chi connectivity index (χ1) is 11.7. The molecule has 1 saturated heterocycles. The molecule has 1 fully saturated rings. The normalized spacial score (nSPS) is 16.8. The first-order valence-corrected chi connectivity index (χ1v) is 8.29. The van der Waals surface area contributed by atoms with Crippen molar-refractivity contribution in [2.24, 2.45) is 0 Å². The zero-order valence-electron chi connectivity index (χ0n) is 13.2. The molecule has 2 N–H and O–H groups in total. The van der Waals surface area contributed by atoms with Crippen LogP contribution in [-0.4, -0.2) is 35.1 Å². The number of rotatable bonds is 6. The Kier molecular flexibility index (Phi) is 5.61. The molecule has 0 bridgehead atoms. The number of hydrogen-bond acceptors (Lipinski definition) is 5. The van der Waals surface area contributed by atoms with Crippen LogP contribution in [-0.2, 0) is 11.3 Å². The molecule has 1 aromatic heterocycles. The molecule has 2 heterocycles. The summed E-state index contributed by atoms with van der Waals surface area (Å²) in [6.07, 6.45) is 3.72. The SMILES string of the molecule is O=C(NCc1ccccc1Cl)c1cc(NCC2CCCO2)ncn1. The van der Waals surface area contributed by atoms with Gasteiger partial charge in [-0.3, -0.25) is 4.79 Å².